The first-order valence-electron chi connectivity index (χ1n) is 14.1. The summed E-state index contributed by atoms with van der Waals surface area (Å²) < 4.78 is 0. The second kappa shape index (κ2) is 14.8. The number of amides is 1. The molecule has 5 nitrogen and oxygen atoms in total. The number of aliphatic hydroxyl groups is 1. The van der Waals surface area contributed by atoms with Gasteiger partial charge >= 0.3 is 0 Å². The summed E-state index contributed by atoms with van der Waals surface area (Å²) in [6.45, 7) is 12.4. The first-order chi connectivity index (χ1) is 18.4. The fraction of sp³-hybridized carbons (Fsp3) is 0.485. The summed E-state index contributed by atoms with van der Waals surface area (Å²) in [5.74, 6) is -0.250. The summed E-state index contributed by atoms with van der Waals surface area (Å²) in [6.07, 6.45) is 17.0. The molecule has 1 aromatic carbocycles. The van der Waals surface area contributed by atoms with Crippen molar-refractivity contribution < 1.29 is 9.90 Å². The molecule has 2 aliphatic rings. The second-order valence-electron chi connectivity index (χ2n) is 11.1. The number of carbonyl (C=O) groups is 1. The van der Waals surface area contributed by atoms with E-state index in [-0.39, 0.29) is 29.9 Å². The van der Waals surface area contributed by atoms with E-state index < -0.39 is 0 Å². The van der Waals surface area contributed by atoms with Crippen LogP contribution in [-0.2, 0) is 11.2 Å². The number of hydrogen-bond donors (Lipinski definition) is 2. The van der Waals surface area contributed by atoms with Crippen LogP contribution in [0.2, 0.25) is 0 Å². The summed E-state index contributed by atoms with van der Waals surface area (Å²) in [6, 6.07) is 10.4. The molecule has 0 spiro atoms. The third-order valence-electron chi connectivity index (χ3n) is 7.64. The number of aliphatic imine (C=N–C) groups is 2. The predicted octanol–water partition coefficient (Wildman–Crippen LogP) is 6.91. The molecule has 5 heteroatoms. The van der Waals surface area contributed by atoms with Crippen molar-refractivity contribution in [3.05, 3.63) is 83.7 Å². The molecule has 0 saturated heterocycles. The van der Waals surface area contributed by atoms with Crippen LogP contribution >= 0.6 is 0 Å². The van der Waals surface area contributed by atoms with E-state index in [1.54, 1.807) is 0 Å². The molecule has 0 aliphatic heterocycles. The molecule has 0 bridgehead atoms. The minimum absolute atomic E-state index is 0.0358. The van der Waals surface area contributed by atoms with Crippen molar-refractivity contribution in [2.45, 2.75) is 84.1 Å². The van der Waals surface area contributed by atoms with Crippen LogP contribution in [0.5, 0.6) is 0 Å². The number of carbonyl (C=O) groups excluding carboxylic acids is 1. The Labute approximate surface area is 229 Å². The highest BCUT2D eigenvalue weighted by Gasteiger charge is 2.31. The van der Waals surface area contributed by atoms with Crippen LogP contribution in [0.25, 0.3) is 0 Å². The zero-order chi connectivity index (χ0) is 27.4. The molecule has 0 heterocycles. The molecule has 0 radical (unpaired) electrons. The van der Waals surface area contributed by atoms with Crippen molar-refractivity contribution in [1.29, 1.82) is 0 Å². The summed E-state index contributed by atoms with van der Waals surface area (Å²) in [5.41, 5.74) is 5.29. The van der Waals surface area contributed by atoms with Crippen molar-refractivity contribution in [3.63, 3.8) is 0 Å². The smallest absolute Gasteiger partial charge is 0.227 e. The van der Waals surface area contributed by atoms with Gasteiger partial charge in [-0.05, 0) is 75.1 Å². The third-order valence-corrected chi connectivity index (χ3v) is 7.64. The van der Waals surface area contributed by atoms with Gasteiger partial charge in [0.15, 0.2) is 0 Å². The van der Waals surface area contributed by atoms with E-state index in [2.05, 4.69) is 55.7 Å². The molecule has 1 aromatic rings. The monoisotopic (exact) mass is 515 g/mol. The van der Waals surface area contributed by atoms with Crippen molar-refractivity contribution in [3.8, 4) is 0 Å². The SMILES string of the molecule is C=CCCC1=CC(NC(=O)C2C=C(/N=C(/CCCCCO)Cc3ccccc3)C(N=C)=CC2)CCC1(C)C. The normalized spacial score (nSPS) is 21.1. The molecular weight excluding hydrogens is 470 g/mol. The maximum Gasteiger partial charge on any atom is 0.227 e. The summed E-state index contributed by atoms with van der Waals surface area (Å²) >= 11 is 0. The van der Waals surface area contributed by atoms with Gasteiger partial charge in [-0.1, -0.05) is 74.4 Å². The molecule has 0 aromatic heterocycles. The molecule has 0 saturated carbocycles. The van der Waals surface area contributed by atoms with Crippen LogP contribution in [-0.4, -0.2) is 36.1 Å². The van der Waals surface area contributed by atoms with Gasteiger partial charge in [0.2, 0.25) is 5.91 Å². The zero-order valence-corrected chi connectivity index (χ0v) is 23.3. The summed E-state index contributed by atoms with van der Waals surface area (Å²) in [5, 5.41) is 12.5. The Kier molecular flexibility index (Phi) is 11.5. The van der Waals surface area contributed by atoms with Gasteiger partial charge in [-0.3, -0.25) is 14.8 Å². The van der Waals surface area contributed by atoms with Crippen molar-refractivity contribution >= 4 is 18.3 Å². The fourth-order valence-corrected chi connectivity index (χ4v) is 5.22. The minimum Gasteiger partial charge on any atom is -0.396 e. The van der Waals surface area contributed by atoms with E-state index in [0.29, 0.717) is 6.42 Å². The second-order valence-corrected chi connectivity index (χ2v) is 11.1. The highest BCUT2D eigenvalue weighted by atomic mass is 16.2. The lowest BCUT2D eigenvalue weighted by Crippen LogP contribution is -2.41. The van der Waals surface area contributed by atoms with Gasteiger partial charge in [0.1, 0.15) is 0 Å². The lowest BCUT2D eigenvalue weighted by molar-refractivity contribution is -0.124. The Balaban J connectivity index is 1.78. The quantitative estimate of drug-likeness (QED) is 0.160. The molecule has 2 aliphatic carbocycles. The molecule has 1 amide bonds. The number of unbranched alkanes of at least 4 members (excludes halogenated alkanes) is 2. The van der Waals surface area contributed by atoms with E-state index in [1.807, 2.05) is 36.4 Å². The molecule has 204 valence electrons. The zero-order valence-electron chi connectivity index (χ0n) is 23.3. The van der Waals surface area contributed by atoms with Crippen molar-refractivity contribution in [1.82, 2.24) is 5.32 Å². The lowest BCUT2D eigenvalue weighted by Gasteiger charge is -2.36. The highest BCUT2D eigenvalue weighted by Crippen LogP contribution is 2.39. The first kappa shape index (κ1) is 29.5. The lowest BCUT2D eigenvalue weighted by atomic mass is 9.72. The average molecular weight is 516 g/mol. The Morgan fingerprint density at radius 2 is 1.95 bits per heavy atom. The molecule has 0 fully saturated rings. The van der Waals surface area contributed by atoms with Gasteiger partial charge in [0.25, 0.3) is 0 Å². The molecular formula is C33H45N3O2. The number of hydrogen-bond acceptors (Lipinski definition) is 4. The maximum atomic E-state index is 13.4. The number of nitrogens with one attached hydrogen (secondary N) is 1. The Morgan fingerprint density at radius 1 is 1.16 bits per heavy atom. The maximum absolute atomic E-state index is 13.4. The standard InChI is InChI=1S/C33H45N3O2/c1-5-6-15-27-24-29(19-20-33(27,2)3)36-32(38)26-17-18-30(34-4)31(23-26)35-28(16-11-8-12-21-37)22-25-13-9-7-10-14-25/h5,7,9-10,13-14,18,23-24,26,29,37H,1,4,6,8,11-12,15-17,19-22H2,2-3H3,(H,36,38)/b35-28-. The van der Waals surface area contributed by atoms with E-state index in [1.165, 1.54) is 11.1 Å². The molecule has 2 N–H and O–H groups in total. The third kappa shape index (κ3) is 8.76. The molecule has 2 unspecified atom stereocenters. The largest absolute Gasteiger partial charge is 0.396 e. The van der Waals surface area contributed by atoms with Crippen molar-refractivity contribution in [2.24, 2.45) is 21.3 Å². The van der Waals surface area contributed by atoms with Gasteiger partial charge in [-0.2, -0.15) is 0 Å². The van der Waals surface area contributed by atoms with Crippen LogP contribution in [0.15, 0.2) is 88.2 Å². The number of benzene rings is 1. The first-order valence-corrected chi connectivity index (χ1v) is 14.1. The number of aliphatic hydroxyl groups excluding tert-OH is 1. The summed E-state index contributed by atoms with van der Waals surface area (Å²) in [7, 11) is 0. The van der Waals surface area contributed by atoms with Crippen LogP contribution in [0.4, 0.5) is 0 Å². The fourth-order valence-electron chi connectivity index (χ4n) is 5.22. The number of rotatable bonds is 14. The topological polar surface area (TPSA) is 74.0 Å². The van der Waals surface area contributed by atoms with Crippen molar-refractivity contribution in [2.75, 3.05) is 6.61 Å². The van der Waals surface area contributed by atoms with Gasteiger partial charge < -0.3 is 10.4 Å². The van der Waals surface area contributed by atoms with E-state index in [4.69, 9.17) is 10.1 Å². The van der Waals surface area contributed by atoms with Gasteiger partial charge in [-0.25, -0.2) is 0 Å². The van der Waals surface area contributed by atoms with E-state index in [0.717, 1.165) is 74.9 Å². The molecule has 2 atom stereocenters. The Hall–Kier alpha value is -3.05. The number of allylic oxidation sites excluding steroid dienone is 3. The van der Waals surface area contributed by atoms with Gasteiger partial charge in [0.05, 0.1) is 17.3 Å². The number of nitrogens with zero attached hydrogens (tertiary/aromatic N) is 2. The molecule has 38 heavy (non-hydrogen) atoms. The Morgan fingerprint density at radius 3 is 2.66 bits per heavy atom. The Bertz CT molecular complexity index is 1080. The van der Waals surface area contributed by atoms with Crippen LogP contribution in [0, 0.1) is 11.3 Å². The predicted molar refractivity (Wildman–Crippen MR) is 159 cm³/mol. The van der Waals surface area contributed by atoms with E-state index >= 15 is 0 Å². The average Bonchev–Trinajstić information content (AvgIpc) is 2.91. The van der Waals surface area contributed by atoms with Gasteiger partial charge in [0, 0.05) is 24.8 Å². The van der Waals surface area contributed by atoms with E-state index in [9.17, 15) is 4.79 Å². The van der Waals surface area contributed by atoms with Crippen LogP contribution in [0.1, 0.15) is 77.2 Å². The minimum atomic E-state index is -0.286. The van der Waals surface area contributed by atoms with Crippen LogP contribution in [0.3, 0.4) is 0 Å². The summed E-state index contributed by atoms with van der Waals surface area (Å²) in [4.78, 5) is 22.6. The van der Waals surface area contributed by atoms with Crippen LogP contribution < -0.4 is 5.32 Å². The van der Waals surface area contributed by atoms with Gasteiger partial charge in [-0.15, -0.1) is 6.58 Å². The highest BCUT2D eigenvalue weighted by molar-refractivity contribution is 5.88. The molecule has 3 rings (SSSR count).